The number of ether oxygens (including phenoxy) is 1. The van der Waals surface area contributed by atoms with Crippen LogP contribution in [0.1, 0.15) is 48.4 Å². The lowest BCUT2D eigenvalue weighted by atomic mass is 10.1. The fourth-order valence-corrected chi connectivity index (χ4v) is 4.36. The van der Waals surface area contributed by atoms with Gasteiger partial charge in [0, 0.05) is 25.2 Å². The number of nitro benzene ring substituents is 1. The lowest BCUT2D eigenvalue weighted by Gasteiger charge is -2.19. The SMILES string of the molecule is CCN(CC)S(=O)(=O)c1ccc(C)c(C(=O)O[C@H](C)c2cccc([N+](=O)[O-])c2)c1. The fraction of sp³-hybridized carbons (Fsp3) is 0.350. The summed E-state index contributed by atoms with van der Waals surface area (Å²) in [5.74, 6) is -0.696. The van der Waals surface area contributed by atoms with Crippen molar-refractivity contribution < 1.29 is 22.9 Å². The Bertz CT molecular complexity index is 1020. The van der Waals surface area contributed by atoms with Gasteiger partial charge in [0.1, 0.15) is 6.10 Å². The number of nitro groups is 1. The Morgan fingerprint density at radius 1 is 1.17 bits per heavy atom. The maximum absolute atomic E-state index is 12.7. The van der Waals surface area contributed by atoms with Crippen molar-refractivity contribution in [3.8, 4) is 0 Å². The molecule has 0 fully saturated rings. The van der Waals surface area contributed by atoms with E-state index in [4.69, 9.17) is 4.74 Å². The maximum Gasteiger partial charge on any atom is 0.339 e. The first kappa shape index (κ1) is 22.5. The van der Waals surface area contributed by atoms with E-state index in [1.54, 1.807) is 39.8 Å². The fourth-order valence-electron chi connectivity index (χ4n) is 2.88. The van der Waals surface area contributed by atoms with E-state index >= 15 is 0 Å². The Balaban J connectivity index is 2.31. The van der Waals surface area contributed by atoms with Crippen molar-refractivity contribution in [1.29, 1.82) is 0 Å². The Kier molecular flexibility index (Phi) is 7.10. The van der Waals surface area contributed by atoms with Crippen molar-refractivity contribution in [2.24, 2.45) is 0 Å². The van der Waals surface area contributed by atoms with Crippen LogP contribution in [0, 0.1) is 17.0 Å². The number of hydrogen-bond donors (Lipinski definition) is 0. The molecule has 0 bridgehead atoms. The van der Waals surface area contributed by atoms with Gasteiger partial charge in [0.25, 0.3) is 5.69 Å². The van der Waals surface area contributed by atoms with Gasteiger partial charge in [-0.2, -0.15) is 4.31 Å². The summed E-state index contributed by atoms with van der Waals surface area (Å²) in [7, 11) is -3.72. The van der Waals surface area contributed by atoms with Gasteiger partial charge in [0.2, 0.25) is 10.0 Å². The van der Waals surface area contributed by atoms with Crippen LogP contribution in [0.3, 0.4) is 0 Å². The molecule has 2 aromatic carbocycles. The maximum atomic E-state index is 12.7. The van der Waals surface area contributed by atoms with Gasteiger partial charge in [-0.05, 0) is 37.1 Å². The molecule has 2 rings (SSSR count). The molecule has 2 aromatic rings. The molecule has 1 atom stereocenters. The minimum absolute atomic E-state index is 0.0155. The standard InChI is InChI=1S/C20H24N2O6S/c1-5-21(6-2)29(26,27)18-11-10-14(3)19(13-18)20(23)28-15(4)16-8-7-9-17(12-16)22(24)25/h7-13,15H,5-6H2,1-4H3/t15-/m1/s1. The van der Waals surface area contributed by atoms with Gasteiger partial charge >= 0.3 is 5.97 Å². The number of nitrogens with zero attached hydrogens (tertiary/aromatic N) is 2. The van der Waals surface area contributed by atoms with Crippen LogP contribution in [0.4, 0.5) is 5.69 Å². The van der Waals surface area contributed by atoms with Gasteiger partial charge in [0.05, 0.1) is 15.4 Å². The quantitative estimate of drug-likeness (QED) is 0.365. The third-order valence-electron chi connectivity index (χ3n) is 4.61. The lowest BCUT2D eigenvalue weighted by molar-refractivity contribution is -0.385. The third-order valence-corrected chi connectivity index (χ3v) is 6.65. The van der Waals surface area contributed by atoms with E-state index in [-0.39, 0.29) is 16.1 Å². The van der Waals surface area contributed by atoms with Gasteiger partial charge < -0.3 is 4.74 Å². The molecule has 0 amide bonds. The minimum atomic E-state index is -3.72. The lowest BCUT2D eigenvalue weighted by Crippen LogP contribution is -2.30. The van der Waals surface area contributed by atoms with Crippen molar-refractivity contribution in [3.05, 3.63) is 69.3 Å². The Hall–Kier alpha value is -2.78. The van der Waals surface area contributed by atoms with Gasteiger partial charge in [-0.1, -0.05) is 32.0 Å². The van der Waals surface area contributed by atoms with E-state index in [1.807, 2.05) is 0 Å². The number of esters is 1. The van der Waals surface area contributed by atoms with Crippen molar-refractivity contribution in [1.82, 2.24) is 4.31 Å². The van der Waals surface area contributed by atoms with Crippen LogP contribution in [0.15, 0.2) is 47.4 Å². The molecule has 0 spiro atoms. The van der Waals surface area contributed by atoms with E-state index in [0.29, 0.717) is 24.2 Å². The van der Waals surface area contributed by atoms with Crippen LogP contribution in [0.5, 0.6) is 0 Å². The molecule has 0 saturated carbocycles. The first-order valence-electron chi connectivity index (χ1n) is 9.17. The van der Waals surface area contributed by atoms with Gasteiger partial charge in [0.15, 0.2) is 0 Å². The molecule has 0 heterocycles. The largest absolute Gasteiger partial charge is 0.454 e. The third kappa shape index (κ3) is 4.99. The summed E-state index contributed by atoms with van der Waals surface area (Å²) in [5, 5.41) is 10.9. The molecule has 0 radical (unpaired) electrons. The van der Waals surface area contributed by atoms with Crippen molar-refractivity contribution in [2.45, 2.75) is 38.7 Å². The molecular weight excluding hydrogens is 396 g/mol. The second-order valence-corrected chi connectivity index (χ2v) is 8.40. The molecule has 9 heteroatoms. The van der Waals surface area contributed by atoms with Crippen LogP contribution in [0.25, 0.3) is 0 Å². The molecular formula is C20H24N2O6S. The van der Waals surface area contributed by atoms with E-state index in [2.05, 4.69) is 0 Å². The smallest absolute Gasteiger partial charge is 0.339 e. The van der Waals surface area contributed by atoms with Crippen LogP contribution in [0.2, 0.25) is 0 Å². The normalized spacial score (nSPS) is 12.6. The second-order valence-electron chi connectivity index (χ2n) is 6.47. The highest BCUT2D eigenvalue weighted by atomic mass is 32.2. The first-order chi connectivity index (χ1) is 13.6. The zero-order valence-electron chi connectivity index (χ0n) is 16.8. The number of hydrogen-bond acceptors (Lipinski definition) is 6. The van der Waals surface area contributed by atoms with Crippen LogP contribution in [-0.4, -0.2) is 36.7 Å². The summed E-state index contributed by atoms with van der Waals surface area (Å²) in [6, 6.07) is 10.2. The molecule has 0 N–H and O–H groups in total. The number of carbonyl (C=O) groups is 1. The molecule has 8 nitrogen and oxygen atoms in total. The Morgan fingerprint density at radius 2 is 1.83 bits per heavy atom. The first-order valence-corrected chi connectivity index (χ1v) is 10.6. The average Bonchev–Trinajstić information content (AvgIpc) is 2.68. The van der Waals surface area contributed by atoms with E-state index in [1.165, 1.54) is 34.6 Å². The van der Waals surface area contributed by atoms with Gasteiger partial charge in [-0.25, -0.2) is 13.2 Å². The van der Waals surface area contributed by atoms with Crippen molar-refractivity contribution >= 4 is 21.7 Å². The number of benzene rings is 2. The molecule has 0 aliphatic heterocycles. The molecule has 156 valence electrons. The number of non-ortho nitro benzene ring substituents is 1. The van der Waals surface area contributed by atoms with Crippen LogP contribution < -0.4 is 0 Å². The number of carbonyl (C=O) groups excluding carboxylic acids is 1. The highest BCUT2D eigenvalue weighted by Gasteiger charge is 2.24. The van der Waals surface area contributed by atoms with Crippen molar-refractivity contribution in [2.75, 3.05) is 13.1 Å². The highest BCUT2D eigenvalue weighted by Crippen LogP contribution is 2.25. The van der Waals surface area contributed by atoms with E-state index in [9.17, 15) is 23.3 Å². The molecule has 0 aliphatic rings. The summed E-state index contributed by atoms with van der Waals surface area (Å²) in [6.45, 7) is 7.40. The topological polar surface area (TPSA) is 107 Å². The highest BCUT2D eigenvalue weighted by molar-refractivity contribution is 7.89. The summed E-state index contributed by atoms with van der Waals surface area (Å²) in [4.78, 5) is 23.1. The van der Waals surface area contributed by atoms with Crippen molar-refractivity contribution in [3.63, 3.8) is 0 Å². The summed E-state index contributed by atoms with van der Waals surface area (Å²) in [5.41, 5.74) is 1.07. The van der Waals surface area contributed by atoms with E-state index < -0.39 is 27.0 Å². The zero-order chi connectivity index (χ0) is 21.8. The van der Waals surface area contributed by atoms with Gasteiger partial charge in [-0.15, -0.1) is 0 Å². The van der Waals surface area contributed by atoms with Crippen LogP contribution >= 0.6 is 0 Å². The Morgan fingerprint density at radius 3 is 2.41 bits per heavy atom. The molecule has 0 aromatic heterocycles. The van der Waals surface area contributed by atoms with E-state index in [0.717, 1.165) is 0 Å². The number of aryl methyl sites for hydroxylation is 1. The minimum Gasteiger partial charge on any atom is -0.454 e. The molecule has 29 heavy (non-hydrogen) atoms. The Labute approximate surface area is 170 Å². The van der Waals surface area contributed by atoms with Gasteiger partial charge in [-0.3, -0.25) is 10.1 Å². The predicted octanol–water partition coefficient (Wildman–Crippen LogP) is 3.85. The molecule has 0 aliphatic carbocycles. The molecule has 0 unspecified atom stereocenters. The second kappa shape index (κ2) is 9.15. The summed E-state index contributed by atoms with van der Waals surface area (Å²) >= 11 is 0. The summed E-state index contributed by atoms with van der Waals surface area (Å²) < 4.78 is 32.2. The number of sulfonamides is 1. The molecule has 0 saturated heterocycles. The average molecular weight is 420 g/mol. The van der Waals surface area contributed by atoms with Crippen LogP contribution in [-0.2, 0) is 14.8 Å². The number of rotatable bonds is 8. The monoisotopic (exact) mass is 420 g/mol. The predicted molar refractivity (Wildman–Crippen MR) is 108 cm³/mol. The summed E-state index contributed by atoms with van der Waals surface area (Å²) in [6.07, 6.45) is -0.746. The zero-order valence-corrected chi connectivity index (χ0v) is 17.6.